The molecule has 0 aliphatic rings. The van der Waals surface area contributed by atoms with Crippen LogP contribution in [0.2, 0.25) is 0 Å². The maximum atomic E-state index is 13.0. The molecular formula is C21H20FN3O4. The lowest BCUT2D eigenvalue weighted by Gasteiger charge is -2.07. The Hall–Kier alpha value is -3.68. The van der Waals surface area contributed by atoms with Crippen molar-refractivity contribution in [3.05, 3.63) is 71.7 Å². The number of benzene rings is 2. The van der Waals surface area contributed by atoms with Crippen LogP contribution in [0.25, 0.3) is 11.3 Å². The summed E-state index contributed by atoms with van der Waals surface area (Å²) in [6.07, 6.45) is 0.0178. The van der Waals surface area contributed by atoms with Crippen molar-refractivity contribution in [1.29, 1.82) is 0 Å². The maximum absolute atomic E-state index is 13.0. The van der Waals surface area contributed by atoms with E-state index in [2.05, 4.69) is 15.8 Å². The van der Waals surface area contributed by atoms with E-state index in [9.17, 15) is 14.0 Å². The zero-order valence-corrected chi connectivity index (χ0v) is 15.8. The molecule has 1 heterocycles. The van der Waals surface area contributed by atoms with Crippen LogP contribution in [0, 0.1) is 12.7 Å². The van der Waals surface area contributed by atoms with Crippen LogP contribution in [0.3, 0.4) is 0 Å². The molecule has 3 rings (SSSR count). The van der Waals surface area contributed by atoms with Gasteiger partial charge in [0, 0.05) is 23.4 Å². The van der Waals surface area contributed by atoms with Crippen LogP contribution in [-0.4, -0.2) is 23.7 Å². The van der Waals surface area contributed by atoms with E-state index in [0.717, 1.165) is 0 Å². The summed E-state index contributed by atoms with van der Waals surface area (Å²) in [7, 11) is 0. The molecule has 0 saturated carbocycles. The number of amides is 2. The van der Waals surface area contributed by atoms with Gasteiger partial charge in [-0.15, -0.1) is 0 Å². The molecule has 2 amide bonds. The van der Waals surface area contributed by atoms with E-state index in [-0.39, 0.29) is 25.4 Å². The van der Waals surface area contributed by atoms with E-state index in [1.54, 1.807) is 43.3 Å². The van der Waals surface area contributed by atoms with E-state index >= 15 is 0 Å². The number of aromatic nitrogens is 1. The highest BCUT2D eigenvalue weighted by Crippen LogP contribution is 2.26. The molecule has 2 aromatic carbocycles. The Morgan fingerprint density at radius 3 is 2.55 bits per heavy atom. The third-order valence-corrected chi connectivity index (χ3v) is 4.14. The number of hydrogen-bond acceptors (Lipinski definition) is 5. The van der Waals surface area contributed by atoms with Crippen molar-refractivity contribution in [2.45, 2.75) is 20.0 Å². The smallest absolute Gasteiger partial charge is 0.319 e. The standard InChI is InChI=1S/C21H20FN3O4/c1-14-18(25-29-20(14)15-7-9-16(22)10-8-15)13-28-19(26)11-12-23-21(27)24-17-5-3-2-4-6-17/h2-10H,11-13H2,1H3,(H2,23,24,27). The van der Waals surface area contributed by atoms with E-state index in [1.807, 2.05) is 6.07 Å². The molecule has 0 aliphatic heterocycles. The third kappa shape index (κ3) is 5.65. The quantitative estimate of drug-likeness (QED) is 0.587. The van der Waals surface area contributed by atoms with Gasteiger partial charge in [0.15, 0.2) is 5.76 Å². The number of anilines is 1. The van der Waals surface area contributed by atoms with Crippen LogP contribution >= 0.6 is 0 Å². The molecule has 1 aromatic heterocycles. The number of rotatable bonds is 7. The molecule has 0 saturated heterocycles. The van der Waals surface area contributed by atoms with Gasteiger partial charge in [-0.1, -0.05) is 23.4 Å². The minimum Gasteiger partial charge on any atom is -0.459 e. The number of para-hydroxylation sites is 1. The summed E-state index contributed by atoms with van der Waals surface area (Å²) in [4.78, 5) is 23.6. The summed E-state index contributed by atoms with van der Waals surface area (Å²) in [6.45, 7) is 1.87. The number of esters is 1. The van der Waals surface area contributed by atoms with Gasteiger partial charge in [-0.3, -0.25) is 4.79 Å². The van der Waals surface area contributed by atoms with Gasteiger partial charge in [-0.2, -0.15) is 0 Å². The number of halogens is 1. The molecule has 0 bridgehead atoms. The molecule has 8 heteroatoms. The van der Waals surface area contributed by atoms with Gasteiger partial charge in [0.25, 0.3) is 0 Å². The lowest BCUT2D eigenvalue weighted by molar-refractivity contribution is -0.144. The number of urea groups is 1. The van der Waals surface area contributed by atoms with Crippen molar-refractivity contribution < 1.29 is 23.2 Å². The van der Waals surface area contributed by atoms with Crippen molar-refractivity contribution in [2.75, 3.05) is 11.9 Å². The highest BCUT2D eigenvalue weighted by molar-refractivity contribution is 5.89. The zero-order chi connectivity index (χ0) is 20.6. The monoisotopic (exact) mass is 397 g/mol. The van der Waals surface area contributed by atoms with Crippen LogP contribution in [0.5, 0.6) is 0 Å². The summed E-state index contributed by atoms with van der Waals surface area (Å²) >= 11 is 0. The predicted octanol–water partition coefficient (Wildman–Crippen LogP) is 4.04. The van der Waals surface area contributed by atoms with Gasteiger partial charge >= 0.3 is 12.0 Å². The van der Waals surface area contributed by atoms with Crippen molar-refractivity contribution in [3.8, 4) is 11.3 Å². The van der Waals surface area contributed by atoms with Crippen molar-refractivity contribution in [2.24, 2.45) is 0 Å². The number of carbonyl (C=O) groups is 2. The first-order chi connectivity index (χ1) is 14.0. The van der Waals surface area contributed by atoms with Crippen LogP contribution in [0.1, 0.15) is 17.7 Å². The second kappa shape index (κ2) is 9.50. The summed E-state index contributed by atoms with van der Waals surface area (Å²) in [5.41, 5.74) is 2.53. The highest BCUT2D eigenvalue weighted by Gasteiger charge is 2.15. The van der Waals surface area contributed by atoms with Crippen LogP contribution in [-0.2, 0) is 16.1 Å². The lowest BCUT2D eigenvalue weighted by Crippen LogP contribution is -2.30. The topological polar surface area (TPSA) is 93.5 Å². The molecule has 150 valence electrons. The Labute approximate surface area is 166 Å². The van der Waals surface area contributed by atoms with Gasteiger partial charge in [-0.25, -0.2) is 9.18 Å². The van der Waals surface area contributed by atoms with Crippen molar-refractivity contribution in [3.63, 3.8) is 0 Å². The molecule has 0 aliphatic carbocycles. The first-order valence-electron chi connectivity index (χ1n) is 8.99. The van der Waals surface area contributed by atoms with Crippen molar-refractivity contribution >= 4 is 17.7 Å². The number of carbonyl (C=O) groups excluding carboxylic acids is 2. The predicted molar refractivity (Wildman–Crippen MR) is 105 cm³/mol. The molecule has 0 fully saturated rings. The van der Waals surface area contributed by atoms with E-state index in [1.165, 1.54) is 12.1 Å². The Morgan fingerprint density at radius 2 is 1.83 bits per heavy atom. The van der Waals surface area contributed by atoms with Gasteiger partial charge < -0.3 is 19.9 Å². The first kappa shape index (κ1) is 20.1. The fourth-order valence-corrected chi connectivity index (χ4v) is 2.57. The van der Waals surface area contributed by atoms with Crippen LogP contribution in [0.15, 0.2) is 59.1 Å². The van der Waals surface area contributed by atoms with Gasteiger partial charge in [-0.05, 0) is 43.3 Å². The highest BCUT2D eigenvalue weighted by atomic mass is 19.1. The minimum atomic E-state index is -0.476. The summed E-state index contributed by atoms with van der Waals surface area (Å²) in [6, 6.07) is 14.4. The van der Waals surface area contributed by atoms with Gasteiger partial charge in [0.05, 0.1) is 6.42 Å². The average Bonchev–Trinajstić information content (AvgIpc) is 3.08. The number of hydrogen-bond donors (Lipinski definition) is 2. The Balaban J connectivity index is 1.43. The second-order valence-electron chi connectivity index (χ2n) is 6.25. The number of nitrogens with zero attached hydrogens (tertiary/aromatic N) is 1. The maximum Gasteiger partial charge on any atom is 0.319 e. The molecule has 2 N–H and O–H groups in total. The summed E-state index contributed by atoms with van der Waals surface area (Å²) < 4.78 is 23.5. The fourth-order valence-electron chi connectivity index (χ4n) is 2.57. The van der Waals surface area contributed by atoms with E-state index < -0.39 is 12.0 Å². The van der Waals surface area contributed by atoms with Crippen molar-refractivity contribution in [1.82, 2.24) is 10.5 Å². The van der Waals surface area contributed by atoms with E-state index in [0.29, 0.717) is 28.3 Å². The first-order valence-corrected chi connectivity index (χ1v) is 8.99. The summed E-state index contributed by atoms with van der Waals surface area (Å²) in [5, 5.41) is 9.16. The number of nitrogens with one attached hydrogen (secondary N) is 2. The third-order valence-electron chi connectivity index (χ3n) is 4.14. The Morgan fingerprint density at radius 1 is 1.10 bits per heavy atom. The van der Waals surface area contributed by atoms with Gasteiger partial charge in [0.1, 0.15) is 18.1 Å². The lowest BCUT2D eigenvalue weighted by atomic mass is 10.1. The Bertz CT molecular complexity index is 971. The molecule has 3 aromatic rings. The molecular weight excluding hydrogens is 377 g/mol. The van der Waals surface area contributed by atoms with Crippen LogP contribution in [0.4, 0.5) is 14.9 Å². The normalized spacial score (nSPS) is 10.4. The molecule has 29 heavy (non-hydrogen) atoms. The summed E-state index contributed by atoms with van der Waals surface area (Å²) in [5.74, 6) is -0.322. The molecule has 0 spiro atoms. The van der Waals surface area contributed by atoms with E-state index in [4.69, 9.17) is 9.26 Å². The fraction of sp³-hybridized carbons (Fsp3) is 0.190. The molecule has 0 unspecified atom stereocenters. The SMILES string of the molecule is Cc1c(COC(=O)CCNC(=O)Nc2ccccc2)noc1-c1ccc(F)cc1. The second-order valence-corrected chi connectivity index (χ2v) is 6.25. The molecule has 0 atom stereocenters. The van der Waals surface area contributed by atoms with Crippen LogP contribution < -0.4 is 10.6 Å². The molecule has 0 radical (unpaired) electrons. The largest absolute Gasteiger partial charge is 0.459 e. The van der Waals surface area contributed by atoms with Gasteiger partial charge in [0.2, 0.25) is 0 Å². The molecule has 7 nitrogen and oxygen atoms in total. The zero-order valence-electron chi connectivity index (χ0n) is 15.8. The average molecular weight is 397 g/mol. The minimum absolute atomic E-state index is 0.0178. The number of ether oxygens (including phenoxy) is 1. The Kier molecular flexibility index (Phi) is 6.57.